The fourth-order valence-corrected chi connectivity index (χ4v) is 0.356. The van der Waals surface area contributed by atoms with Gasteiger partial charge in [0.15, 0.2) is 5.57 Å². The minimum Gasteiger partial charge on any atom is -0.192 e. The third kappa shape index (κ3) is 1.95. The van der Waals surface area contributed by atoms with Crippen molar-refractivity contribution in [2.75, 3.05) is 0 Å². The Morgan fingerprint density at radius 2 is 1.44 bits per heavy atom. The highest BCUT2D eigenvalue weighted by Crippen LogP contribution is 2.07. The zero-order chi connectivity index (χ0) is 7.28. The normalized spacial score (nSPS) is 6.00. The van der Waals surface area contributed by atoms with Crippen molar-refractivity contribution >= 4 is 15.9 Å². The molecule has 0 aliphatic heterocycles. The molecule has 0 aromatic carbocycles. The zero-order valence-electron chi connectivity index (χ0n) is 4.22. The average Bonchev–Trinajstić information content (AvgIpc) is 1.90. The molecule has 0 N–H and O–H groups in total. The summed E-state index contributed by atoms with van der Waals surface area (Å²) in [5.41, 5.74) is -0.197. The lowest BCUT2D eigenvalue weighted by Gasteiger charge is -1.76. The Kier molecular flexibility index (Phi) is 3.13. The van der Waals surface area contributed by atoms with E-state index in [2.05, 4.69) is 15.9 Å². The van der Waals surface area contributed by atoms with Crippen LogP contribution in [0.5, 0.6) is 0 Å². The van der Waals surface area contributed by atoms with Crippen LogP contribution in [0.4, 0.5) is 0 Å². The first-order valence-electron chi connectivity index (χ1n) is 1.86. The van der Waals surface area contributed by atoms with Crippen LogP contribution in [0.15, 0.2) is 10.1 Å². The molecular weight excluding hydrogens is 182 g/mol. The van der Waals surface area contributed by atoms with Crippen molar-refractivity contribution in [3.8, 4) is 18.2 Å². The molecule has 0 saturated heterocycles. The largest absolute Gasteiger partial charge is 0.192 e. The van der Waals surface area contributed by atoms with Gasteiger partial charge in [-0.1, -0.05) is 0 Å². The van der Waals surface area contributed by atoms with E-state index in [1.807, 2.05) is 0 Å². The Balaban J connectivity index is 4.78. The average molecular weight is 182 g/mol. The lowest BCUT2D eigenvalue weighted by atomic mass is 10.3. The second-order valence-corrected chi connectivity index (χ2v) is 1.82. The number of hydrogen-bond acceptors (Lipinski definition) is 3. The van der Waals surface area contributed by atoms with Gasteiger partial charge in [0, 0.05) is 0 Å². The summed E-state index contributed by atoms with van der Waals surface area (Å²) in [4.78, 5) is 0. The molecule has 0 radical (unpaired) electrons. The first-order valence-corrected chi connectivity index (χ1v) is 2.65. The van der Waals surface area contributed by atoms with Crippen molar-refractivity contribution in [1.29, 1.82) is 15.8 Å². The van der Waals surface area contributed by atoms with Crippen molar-refractivity contribution in [3.05, 3.63) is 10.1 Å². The monoisotopic (exact) mass is 181 g/mol. The molecule has 0 aromatic rings. The highest BCUT2D eigenvalue weighted by atomic mass is 79.9. The van der Waals surface area contributed by atoms with Crippen molar-refractivity contribution in [3.63, 3.8) is 0 Å². The molecular formula is C5BrN3. The Hall–Kier alpha value is -1.31. The van der Waals surface area contributed by atoms with Crippen LogP contribution in [0.3, 0.4) is 0 Å². The fraction of sp³-hybridized carbons (Fsp3) is 0. The van der Waals surface area contributed by atoms with E-state index >= 15 is 0 Å². The van der Waals surface area contributed by atoms with E-state index in [1.54, 1.807) is 18.2 Å². The van der Waals surface area contributed by atoms with E-state index in [0.717, 1.165) is 0 Å². The zero-order valence-corrected chi connectivity index (χ0v) is 5.81. The van der Waals surface area contributed by atoms with Crippen LogP contribution in [0.2, 0.25) is 0 Å². The fourth-order valence-electron chi connectivity index (χ4n) is 0.179. The second kappa shape index (κ2) is 3.66. The Bertz CT molecular complexity index is 241. The lowest BCUT2D eigenvalue weighted by Crippen LogP contribution is -1.73. The van der Waals surface area contributed by atoms with Gasteiger partial charge in [0.05, 0.1) is 0 Å². The summed E-state index contributed by atoms with van der Waals surface area (Å²) in [5.74, 6) is 0. The van der Waals surface area contributed by atoms with Crippen molar-refractivity contribution in [2.24, 2.45) is 0 Å². The van der Waals surface area contributed by atoms with E-state index in [1.165, 1.54) is 0 Å². The summed E-state index contributed by atoms with van der Waals surface area (Å²) < 4.78 is -0.0208. The molecule has 0 rings (SSSR count). The van der Waals surface area contributed by atoms with Gasteiger partial charge >= 0.3 is 0 Å². The molecule has 0 atom stereocenters. The molecule has 0 aliphatic carbocycles. The van der Waals surface area contributed by atoms with Gasteiger partial charge in [-0.25, -0.2) is 0 Å². The van der Waals surface area contributed by atoms with Gasteiger partial charge in [0.1, 0.15) is 22.7 Å². The van der Waals surface area contributed by atoms with Gasteiger partial charge in [0.25, 0.3) is 0 Å². The van der Waals surface area contributed by atoms with Crippen LogP contribution < -0.4 is 0 Å². The predicted molar refractivity (Wildman–Crippen MR) is 32.8 cm³/mol. The quantitative estimate of drug-likeness (QED) is 0.528. The third-order valence-corrected chi connectivity index (χ3v) is 1.12. The number of halogens is 1. The van der Waals surface area contributed by atoms with E-state index < -0.39 is 0 Å². The first kappa shape index (κ1) is 7.69. The van der Waals surface area contributed by atoms with Gasteiger partial charge in [-0.3, -0.25) is 0 Å². The van der Waals surface area contributed by atoms with Crippen molar-refractivity contribution in [1.82, 2.24) is 0 Å². The SMILES string of the molecule is N#CC(Br)=C(C#N)C#N. The molecule has 0 amide bonds. The smallest absolute Gasteiger partial charge is 0.154 e. The molecule has 0 saturated carbocycles. The maximum atomic E-state index is 8.12. The lowest BCUT2D eigenvalue weighted by molar-refractivity contribution is 1.45. The minimum absolute atomic E-state index is 0.0208. The highest BCUT2D eigenvalue weighted by molar-refractivity contribution is 9.12. The molecule has 0 unspecified atom stereocenters. The van der Waals surface area contributed by atoms with E-state index in [0.29, 0.717) is 0 Å². The molecule has 0 fully saturated rings. The van der Waals surface area contributed by atoms with Gasteiger partial charge in [0.2, 0.25) is 0 Å². The van der Waals surface area contributed by atoms with Gasteiger partial charge in [-0.05, 0) is 15.9 Å². The molecule has 42 valence electrons. The van der Waals surface area contributed by atoms with Crippen molar-refractivity contribution in [2.45, 2.75) is 0 Å². The van der Waals surface area contributed by atoms with Crippen LogP contribution >= 0.6 is 15.9 Å². The standard InChI is InChI=1S/C5BrN3/c6-5(3-9)4(1-7)2-8. The van der Waals surface area contributed by atoms with Crippen LogP contribution in [0, 0.1) is 34.0 Å². The highest BCUT2D eigenvalue weighted by Gasteiger charge is 1.98. The number of allylic oxidation sites excluding steroid dienone is 2. The molecule has 0 bridgehead atoms. The summed E-state index contributed by atoms with van der Waals surface area (Å²) in [6.45, 7) is 0. The summed E-state index contributed by atoms with van der Waals surface area (Å²) in [7, 11) is 0. The molecule has 0 aromatic heterocycles. The van der Waals surface area contributed by atoms with Crippen LogP contribution in [-0.2, 0) is 0 Å². The molecule has 4 heteroatoms. The number of rotatable bonds is 0. The van der Waals surface area contributed by atoms with Gasteiger partial charge in [-0.15, -0.1) is 0 Å². The number of hydrogen-bond donors (Lipinski definition) is 0. The molecule has 0 spiro atoms. The minimum atomic E-state index is -0.197. The summed E-state index contributed by atoms with van der Waals surface area (Å²) in [5, 5.41) is 24.3. The van der Waals surface area contributed by atoms with Crippen LogP contribution in [0.25, 0.3) is 0 Å². The summed E-state index contributed by atoms with van der Waals surface area (Å²) >= 11 is 2.74. The molecule has 0 aliphatic rings. The van der Waals surface area contributed by atoms with Crippen molar-refractivity contribution < 1.29 is 0 Å². The van der Waals surface area contributed by atoms with E-state index in [-0.39, 0.29) is 10.1 Å². The third-order valence-electron chi connectivity index (χ3n) is 0.541. The first-order chi connectivity index (χ1) is 4.26. The predicted octanol–water partition coefficient (Wildman–Crippen LogP) is 1.21. The Morgan fingerprint density at radius 1 is 1.00 bits per heavy atom. The maximum Gasteiger partial charge on any atom is 0.154 e. The number of nitriles is 3. The number of nitrogens with zero attached hydrogens (tertiary/aromatic N) is 3. The van der Waals surface area contributed by atoms with Gasteiger partial charge < -0.3 is 0 Å². The van der Waals surface area contributed by atoms with E-state index in [9.17, 15) is 0 Å². The topological polar surface area (TPSA) is 71.4 Å². The maximum absolute atomic E-state index is 8.12. The second-order valence-electron chi connectivity index (χ2n) is 1.02. The van der Waals surface area contributed by atoms with Crippen LogP contribution in [-0.4, -0.2) is 0 Å². The molecule has 9 heavy (non-hydrogen) atoms. The Labute approximate surface area is 60.6 Å². The van der Waals surface area contributed by atoms with E-state index in [4.69, 9.17) is 15.8 Å². The summed E-state index contributed by atoms with van der Waals surface area (Å²) in [6, 6.07) is 4.72. The molecule has 3 nitrogen and oxygen atoms in total. The van der Waals surface area contributed by atoms with Gasteiger partial charge in [-0.2, -0.15) is 15.8 Å². The molecule has 0 heterocycles. The Morgan fingerprint density at radius 3 is 1.56 bits per heavy atom. The van der Waals surface area contributed by atoms with Crippen LogP contribution in [0.1, 0.15) is 0 Å². The summed E-state index contributed by atoms with van der Waals surface area (Å²) in [6.07, 6.45) is 0.